The van der Waals surface area contributed by atoms with E-state index >= 15 is 0 Å². The number of carbonyl (C=O) groups is 2. The van der Waals surface area contributed by atoms with Crippen molar-refractivity contribution >= 4 is 11.7 Å². The first-order valence-corrected chi connectivity index (χ1v) is 8.93. The Bertz CT molecular complexity index is 871. The number of Topliss-reactive ketones (excluding diaryl/α,β-unsaturated/α-hetero) is 1. The largest absolute Gasteiger partial charge is 0.486 e. The molecule has 0 radical (unpaired) electrons. The zero-order chi connectivity index (χ0) is 18.3. The highest BCUT2D eigenvalue weighted by Gasteiger charge is 2.29. The Morgan fingerprint density at radius 1 is 1.27 bits per heavy atom. The average molecular weight is 354 g/mol. The van der Waals surface area contributed by atoms with Crippen LogP contribution in [-0.2, 0) is 6.42 Å². The molecule has 0 spiro atoms. The number of ketones is 1. The van der Waals surface area contributed by atoms with Gasteiger partial charge in [-0.15, -0.1) is 0 Å². The Hall–Kier alpha value is -2.76. The maximum atomic E-state index is 12.9. The Labute approximate surface area is 152 Å². The Balaban J connectivity index is 1.48. The number of H-pyrrole nitrogens is 1. The van der Waals surface area contributed by atoms with Gasteiger partial charge in [-0.05, 0) is 37.5 Å². The molecule has 2 aliphatic rings. The minimum atomic E-state index is -0.231. The lowest BCUT2D eigenvalue weighted by Gasteiger charge is -2.29. The molecule has 0 saturated heterocycles. The first kappa shape index (κ1) is 16.7. The van der Waals surface area contributed by atoms with Gasteiger partial charge in [-0.2, -0.15) is 0 Å². The van der Waals surface area contributed by atoms with Gasteiger partial charge in [0.2, 0.25) is 0 Å². The lowest BCUT2D eigenvalue weighted by atomic mass is 9.94. The molecule has 6 nitrogen and oxygen atoms in total. The molecular formula is C20H22N2O4. The molecule has 0 fully saturated rings. The van der Waals surface area contributed by atoms with Crippen LogP contribution < -0.4 is 9.47 Å². The monoisotopic (exact) mass is 354 g/mol. The second kappa shape index (κ2) is 6.52. The number of nitrogens with one attached hydrogen (secondary N) is 1. The number of hydrogen-bond donors (Lipinski definition) is 1. The second-order valence-corrected chi connectivity index (χ2v) is 6.94. The molecular weight excluding hydrogens is 332 g/mol. The van der Waals surface area contributed by atoms with Crippen LogP contribution in [0.3, 0.4) is 0 Å². The van der Waals surface area contributed by atoms with Gasteiger partial charge in [0.05, 0.1) is 6.54 Å². The number of amides is 1. The lowest BCUT2D eigenvalue weighted by molar-refractivity contribution is 0.0517. The zero-order valence-electron chi connectivity index (χ0n) is 15.0. The summed E-state index contributed by atoms with van der Waals surface area (Å²) in [5.41, 5.74) is 2.86. The van der Waals surface area contributed by atoms with Crippen LogP contribution in [0.5, 0.6) is 11.5 Å². The van der Waals surface area contributed by atoms with Crippen molar-refractivity contribution in [2.45, 2.75) is 32.3 Å². The number of carbonyl (C=O) groups excluding carboxylic acids is 2. The molecule has 0 bridgehead atoms. The van der Waals surface area contributed by atoms with Crippen molar-refractivity contribution < 1.29 is 19.1 Å². The van der Waals surface area contributed by atoms with Gasteiger partial charge in [0.25, 0.3) is 5.91 Å². The van der Waals surface area contributed by atoms with Crippen LogP contribution in [-0.4, -0.2) is 47.9 Å². The summed E-state index contributed by atoms with van der Waals surface area (Å²) in [6.07, 6.45) is 1.98. The molecule has 1 aromatic carbocycles. The molecule has 1 aliphatic carbocycles. The summed E-state index contributed by atoms with van der Waals surface area (Å²) in [5.74, 6) is 1.42. The average Bonchev–Trinajstić information content (AvgIpc) is 2.99. The molecule has 0 saturated carbocycles. The molecule has 1 unspecified atom stereocenters. The second-order valence-electron chi connectivity index (χ2n) is 6.94. The number of likely N-dealkylation sites (N-methyl/N-ethyl adjacent to an activating group) is 1. The third-order valence-electron chi connectivity index (χ3n) is 5.04. The zero-order valence-corrected chi connectivity index (χ0v) is 15.0. The third-order valence-corrected chi connectivity index (χ3v) is 5.04. The number of fused-ring (bicyclic) bond motifs is 2. The predicted molar refractivity (Wildman–Crippen MR) is 96.1 cm³/mol. The maximum absolute atomic E-state index is 12.9. The number of nitrogens with zero attached hydrogens (tertiary/aromatic N) is 1. The molecule has 1 aromatic heterocycles. The van der Waals surface area contributed by atoms with Gasteiger partial charge in [-0.3, -0.25) is 9.59 Å². The number of rotatable bonds is 3. The smallest absolute Gasteiger partial charge is 0.270 e. The van der Waals surface area contributed by atoms with Crippen molar-refractivity contribution in [1.82, 2.24) is 9.88 Å². The highest BCUT2D eigenvalue weighted by molar-refractivity contribution is 6.04. The van der Waals surface area contributed by atoms with E-state index in [2.05, 4.69) is 4.98 Å². The topological polar surface area (TPSA) is 71.6 Å². The number of aromatic nitrogens is 1. The summed E-state index contributed by atoms with van der Waals surface area (Å²) in [6.45, 7) is 2.65. The normalized spacial score (nSPS) is 18.4. The van der Waals surface area contributed by atoms with E-state index in [1.54, 1.807) is 11.9 Å². The van der Waals surface area contributed by atoms with E-state index in [9.17, 15) is 9.59 Å². The van der Waals surface area contributed by atoms with Crippen molar-refractivity contribution in [3.8, 4) is 11.5 Å². The molecule has 6 heteroatoms. The van der Waals surface area contributed by atoms with Gasteiger partial charge >= 0.3 is 0 Å². The molecule has 1 atom stereocenters. The Morgan fingerprint density at radius 2 is 2.04 bits per heavy atom. The number of benzene rings is 1. The number of aryl methyl sites for hydroxylation is 1. The van der Waals surface area contributed by atoms with Crippen molar-refractivity contribution in [3.05, 3.63) is 46.8 Å². The summed E-state index contributed by atoms with van der Waals surface area (Å²) < 4.78 is 11.6. The van der Waals surface area contributed by atoms with E-state index in [0.717, 1.165) is 29.8 Å². The van der Waals surface area contributed by atoms with Crippen LogP contribution in [0.15, 0.2) is 24.3 Å². The van der Waals surface area contributed by atoms with E-state index in [-0.39, 0.29) is 17.8 Å². The molecule has 1 aliphatic heterocycles. The molecule has 1 N–H and O–H groups in total. The van der Waals surface area contributed by atoms with Gasteiger partial charge in [-0.1, -0.05) is 12.1 Å². The molecule has 136 valence electrons. The highest BCUT2D eigenvalue weighted by atomic mass is 16.6. The number of ether oxygens (including phenoxy) is 2. The number of hydrogen-bond acceptors (Lipinski definition) is 4. The summed E-state index contributed by atoms with van der Waals surface area (Å²) in [4.78, 5) is 29.9. The highest BCUT2D eigenvalue weighted by Crippen LogP contribution is 2.31. The fourth-order valence-electron chi connectivity index (χ4n) is 3.72. The van der Waals surface area contributed by atoms with Crippen molar-refractivity contribution in [3.63, 3.8) is 0 Å². The van der Waals surface area contributed by atoms with E-state index in [4.69, 9.17) is 9.47 Å². The van der Waals surface area contributed by atoms with Gasteiger partial charge in [0.1, 0.15) is 12.3 Å². The molecule has 4 rings (SSSR count). The standard InChI is InChI=1S/C20H22N2O4/c1-12-18-14(6-5-7-15(18)23)21-19(12)20(24)22(2)10-13-11-25-16-8-3-4-9-17(16)26-13/h3-4,8-9,13,21H,5-7,10-11H2,1-2H3. The van der Waals surface area contributed by atoms with Crippen LogP contribution in [0.25, 0.3) is 0 Å². The van der Waals surface area contributed by atoms with Crippen molar-refractivity contribution in [1.29, 1.82) is 0 Å². The molecule has 2 heterocycles. The SMILES string of the molecule is Cc1c(C(=O)N(C)CC2COc3ccccc3O2)[nH]c2c1C(=O)CCC2. The summed E-state index contributed by atoms with van der Waals surface area (Å²) in [6, 6.07) is 7.51. The molecule has 1 amide bonds. The predicted octanol–water partition coefficient (Wildman–Crippen LogP) is 2.75. The van der Waals surface area contributed by atoms with Crippen LogP contribution in [0.2, 0.25) is 0 Å². The van der Waals surface area contributed by atoms with Gasteiger partial charge in [0.15, 0.2) is 23.4 Å². The molecule has 2 aromatic rings. The van der Waals surface area contributed by atoms with Gasteiger partial charge in [-0.25, -0.2) is 0 Å². The first-order valence-electron chi connectivity index (χ1n) is 8.93. The minimum Gasteiger partial charge on any atom is -0.486 e. The van der Waals surface area contributed by atoms with Gasteiger partial charge < -0.3 is 19.4 Å². The fraction of sp³-hybridized carbons (Fsp3) is 0.400. The summed E-state index contributed by atoms with van der Waals surface area (Å²) in [5, 5.41) is 0. The minimum absolute atomic E-state index is 0.127. The van der Waals surface area contributed by atoms with E-state index in [1.165, 1.54) is 0 Å². The van der Waals surface area contributed by atoms with Crippen molar-refractivity contribution in [2.24, 2.45) is 0 Å². The van der Waals surface area contributed by atoms with Gasteiger partial charge in [0, 0.05) is 24.7 Å². The Morgan fingerprint density at radius 3 is 2.81 bits per heavy atom. The maximum Gasteiger partial charge on any atom is 0.270 e. The molecule has 26 heavy (non-hydrogen) atoms. The first-order chi connectivity index (χ1) is 12.5. The van der Waals surface area contributed by atoms with Crippen LogP contribution in [0.4, 0.5) is 0 Å². The Kier molecular flexibility index (Phi) is 4.18. The number of aromatic amines is 1. The fourth-order valence-corrected chi connectivity index (χ4v) is 3.72. The van der Waals surface area contributed by atoms with Crippen molar-refractivity contribution in [2.75, 3.05) is 20.2 Å². The summed E-state index contributed by atoms with van der Waals surface area (Å²) in [7, 11) is 1.74. The lowest BCUT2D eigenvalue weighted by Crippen LogP contribution is -2.42. The van der Waals surface area contributed by atoms with Crippen LogP contribution >= 0.6 is 0 Å². The van der Waals surface area contributed by atoms with Crippen LogP contribution in [0, 0.1) is 6.92 Å². The number of para-hydroxylation sites is 2. The summed E-state index contributed by atoms with van der Waals surface area (Å²) >= 11 is 0. The van der Waals surface area contributed by atoms with E-state index in [0.29, 0.717) is 36.6 Å². The van der Waals surface area contributed by atoms with E-state index in [1.807, 2.05) is 31.2 Å². The third kappa shape index (κ3) is 2.85. The van der Waals surface area contributed by atoms with E-state index < -0.39 is 0 Å². The quantitative estimate of drug-likeness (QED) is 0.920. The van der Waals surface area contributed by atoms with Crippen LogP contribution in [0.1, 0.15) is 44.9 Å².